The van der Waals surface area contributed by atoms with E-state index >= 15 is 0 Å². The van der Waals surface area contributed by atoms with Gasteiger partial charge in [0.05, 0.1) is 12.2 Å². The summed E-state index contributed by atoms with van der Waals surface area (Å²) in [6.07, 6.45) is 2.91. The fourth-order valence-corrected chi connectivity index (χ4v) is 2.15. The molecule has 5 nitrogen and oxygen atoms in total. The molecule has 0 aromatic rings. The molecule has 2 atom stereocenters. The molecule has 2 N–H and O–H groups in total. The van der Waals surface area contributed by atoms with Crippen LogP contribution in [0.15, 0.2) is 0 Å². The van der Waals surface area contributed by atoms with Crippen molar-refractivity contribution < 1.29 is 14.3 Å². The summed E-state index contributed by atoms with van der Waals surface area (Å²) in [6.45, 7) is 5.24. The van der Waals surface area contributed by atoms with Gasteiger partial charge in [-0.05, 0) is 18.3 Å². The molecule has 0 aromatic heterocycles. The molecule has 0 radical (unpaired) electrons. The smallest absolute Gasteiger partial charge is 0.220 e. The maximum absolute atomic E-state index is 11.6. The zero-order valence-electron chi connectivity index (χ0n) is 11.1. The lowest BCUT2D eigenvalue weighted by atomic mass is 9.93. The molecule has 2 amide bonds. The van der Waals surface area contributed by atoms with Crippen molar-refractivity contribution in [3.8, 4) is 0 Å². The molecule has 2 heterocycles. The van der Waals surface area contributed by atoms with Crippen LogP contribution in [0.3, 0.4) is 0 Å². The van der Waals surface area contributed by atoms with Gasteiger partial charge in [0.1, 0.15) is 0 Å². The van der Waals surface area contributed by atoms with E-state index in [-0.39, 0.29) is 29.4 Å². The highest BCUT2D eigenvalue weighted by atomic mass is 16.6. The first kappa shape index (κ1) is 13.3. The molecule has 5 heteroatoms. The van der Waals surface area contributed by atoms with Gasteiger partial charge in [0.2, 0.25) is 11.8 Å². The maximum atomic E-state index is 11.6. The van der Waals surface area contributed by atoms with Gasteiger partial charge in [-0.2, -0.15) is 0 Å². The molecule has 2 fully saturated rings. The zero-order valence-corrected chi connectivity index (χ0v) is 11.1. The fourth-order valence-electron chi connectivity index (χ4n) is 2.15. The zero-order chi connectivity index (χ0) is 13.2. The minimum atomic E-state index is -0.112. The first-order valence-electron chi connectivity index (χ1n) is 6.65. The number of amides is 2. The van der Waals surface area contributed by atoms with Crippen molar-refractivity contribution in [2.75, 3.05) is 13.1 Å². The largest absolute Gasteiger partial charge is 0.370 e. The van der Waals surface area contributed by atoms with Crippen LogP contribution in [-0.4, -0.2) is 37.1 Å². The number of hydrogen-bond acceptors (Lipinski definition) is 3. The van der Waals surface area contributed by atoms with Gasteiger partial charge in [-0.25, -0.2) is 0 Å². The van der Waals surface area contributed by atoms with Crippen molar-refractivity contribution >= 4 is 11.8 Å². The highest BCUT2D eigenvalue weighted by Gasteiger charge is 2.38. The van der Waals surface area contributed by atoms with Crippen molar-refractivity contribution in [2.24, 2.45) is 5.41 Å². The van der Waals surface area contributed by atoms with Gasteiger partial charge in [0.15, 0.2) is 0 Å². The van der Waals surface area contributed by atoms with Gasteiger partial charge in [0, 0.05) is 25.9 Å². The van der Waals surface area contributed by atoms with Crippen molar-refractivity contribution in [3.63, 3.8) is 0 Å². The van der Waals surface area contributed by atoms with E-state index < -0.39 is 0 Å². The lowest BCUT2D eigenvalue weighted by molar-refractivity contribution is -0.121. The topological polar surface area (TPSA) is 70.7 Å². The van der Waals surface area contributed by atoms with Crippen molar-refractivity contribution in [1.82, 2.24) is 10.6 Å². The summed E-state index contributed by atoms with van der Waals surface area (Å²) in [5.41, 5.74) is -0.112. The monoisotopic (exact) mass is 254 g/mol. The van der Waals surface area contributed by atoms with Gasteiger partial charge in [-0.3, -0.25) is 9.59 Å². The number of carbonyl (C=O) groups is 2. The second kappa shape index (κ2) is 5.26. The summed E-state index contributed by atoms with van der Waals surface area (Å²) in [7, 11) is 0. The maximum Gasteiger partial charge on any atom is 0.220 e. The van der Waals surface area contributed by atoms with Crippen molar-refractivity contribution in [1.29, 1.82) is 0 Å². The van der Waals surface area contributed by atoms with Gasteiger partial charge >= 0.3 is 0 Å². The first-order valence-corrected chi connectivity index (χ1v) is 6.65. The van der Waals surface area contributed by atoms with E-state index in [0.717, 1.165) is 12.8 Å². The van der Waals surface area contributed by atoms with E-state index in [1.54, 1.807) is 0 Å². The molecule has 0 saturated carbocycles. The van der Waals surface area contributed by atoms with E-state index in [1.165, 1.54) is 0 Å². The minimum Gasteiger partial charge on any atom is -0.370 e. The lowest BCUT2D eigenvalue weighted by Gasteiger charge is -2.25. The Morgan fingerprint density at radius 3 is 1.89 bits per heavy atom. The SMILES string of the molecule is CC1(C)CNC(=O)CC[C@@H]2O[C@H]2CCC(=O)NC1. The molecule has 102 valence electrons. The van der Waals surface area contributed by atoms with Crippen LogP contribution in [0.25, 0.3) is 0 Å². The Hall–Kier alpha value is -1.10. The summed E-state index contributed by atoms with van der Waals surface area (Å²) in [5.74, 6) is 0.144. The van der Waals surface area contributed by atoms with Crippen LogP contribution >= 0.6 is 0 Å². The van der Waals surface area contributed by atoms with Crippen LogP contribution in [0.5, 0.6) is 0 Å². The Morgan fingerprint density at radius 2 is 1.44 bits per heavy atom. The van der Waals surface area contributed by atoms with Gasteiger partial charge in [-0.15, -0.1) is 0 Å². The van der Waals surface area contributed by atoms with Crippen molar-refractivity contribution in [3.05, 3.63) is 0 Å². The van der Waals surface area contributed by atoms with E-state index in [2.05, 4.69) is 10.6 Å². The second-order valence-corrected chi connectivity index (χ2v) is 6.01. The molecule has 0 spiro atoms. The van der Waals surface area contributed by atoms with Crippen LogP contribution in [-0.2, 0) is 14.3 Å². The Balaban J connectivity index is 1.91. The third-order valence-corrected chi connectivity index (χ3v) is 3.53. The molecule has 0 aromatic carbocycles. The van der Waals surface area contributed by atoms with E-state index in [9.17, 15) is 9.59 Å². The molecule has 2 rings (SSSR count). The highest BCUT2D eigenvalue weighted by molar-refractivity contribution is 5.76. The second-order valence-electron chi connectivity index (χ2n) is 6.01. The highest BCUT2D eigenvalue weighted by Crippen LogP contribution is 2.30. The Bertz CT molecular complexity index is 311. The van der Waals surface area contributed by atoms with Crippen LogP contribution in [0.4, 0.5) is 0 Å². The average Bonchev–Trinajstić information content (AvgIpc) is 3.07. The first-order chi connectivity index (χ1) is 8.46. The Kier molecular flexibility index (Phi) is 3.90. The van der Waals surface area contributed by atoms with Gasteiger partial charge in [0.25, 0.3) is 0 Å². The molecule has 18 heavy (non-hydrogen) atoms. The fraction of sp³-hybridized carbons (Fsp3) is 0.846. The Labute approximate surface area is 108 Å². The van der Waals surface area contributed by atoms with Gasteiger partial charge < -0.3 is 15.4 Å². The molecular weight excluding hydrogens is 232 g/mol. The van der Waals surface area contributed by atoms with E-state index in [0.29, 0.717) is 25.9 Å². The molecule has 0 aliphatic carbocycles. The standard InChI is InChI=1S/C13H22N2O3/c1-13(2)7-14-11(16)5-3-9-10(18-9)4-6-12(17)15-8-13/h9-10H,3-8H2,1-2H3,(H,14,16)(H,15,17)/t9-,10-/m0/s1. The third-order valence-electron chi connectivity index (χ3n) is 3.53. The third kappa shape index (κ3) is 3.98. The summed E-state index contributed by atoms with van der Waals surface area (Å²) in [5, 5.41) is 5.84. The van der Waals surface area contributed by atoms with Crippen LogP contribution in [0.1, 0.15) is 39.5 Å². The van der Waals surface area contributed by atoms with E-state index in [4.69, 9.17) is 4.74 Å². The number of hydrogen-bond donors (Lipinski definition) is 2. The summed E-state index contributed by atoms with van der Waals surface area (Å²) in [4.78, 5) is 23.3. The molecule has 2 aliphatic heterocycles. The van der Waals surface area contributed by atoms with Crippen LogP contribution < -0.4 is 10.6 Å². The summed E-state index contributed by atoms with van der Waals surface area (Å²) in [6, 6.07) is 0. The number of rotatable bonds is 0. The minimum absolute atomic E-state index is 0.0721. The number of nitrogens with one attached hydrogen (secondary N) is 2. The quantitative estimate of drug-likeness (QED) is 0.621. The number of ether oxygens (including phenoxy) is 1. The molecule has 0 bridgehead atoms. The average molecular weight is 254 g/mol. The van der Waals surface area contributed by atoms with Crippen LogP contribution in [0.2, 0.25) is 0 Å². The van der Waals surface area contributed by atoms with Crippen molar-refractivity contribution in [2.45, 2.75) is 51.7 Å². The Morgan fingerprint density at radius 1 is 1.00 bits per heavy atom. The van der Waals surface area contributed by atoms with E-state index in [1.807, 2.05) is 13.8 Å². The molecule has 2 saturated heterocycles. The predicted molar refractivity (Wildman–Crippen MR) is 66.9 cm³/mol. The van der Waals surface area contributed by atoms with Crippen LogP contribution in [0, 0.1) is 5.41 Å². The number of epoxide rings is 1. The lowest BCUT2D eigenvalue weighted by Crippen LogP contribution is -2.41. The number of carbonyl (C=O) groups excluding carboxylic acids is 2. The summed E-state index contributed by atoms with van der Waals surface area (Å²) >= 11 is 0. The predicted octanol–water partition coefficient (Wildman–Crippen LogP) is 0.586. The molecule has 0 unspecified atom stereocenters. The summed E-state index contributed by atoms with van der Waals surface area (Å²) < 4.78 is 5.44. The normalized spacial score (nSPS) is 33.0. The molecular formula is C13H22N2O3. The van der Waals surface area contributed by atoms with Gasteiger partial charge in [-0.1, -0.05) is 13.8 Å². The molecule has 2 aliphatic rings. The number of fused-ring (bicyclic) bond motifs is 1.